The van der Waals surface area contributed by atoms with Gasteiger partial charge in [-0.05, 0) is 0 Å². The number of carbonyl (C=O) groups is 1. The van der Waals surface area contributed by atoms with Crippen molar-refractivity contribution >= 4 is 5.97 Å². The molecule has 0 saturated heterocycles. The second kappa shape index (κ2) is 5.21. The molecule has 0 fully saturated rings. The van der Waals surface area contributed by atoms with Crippen LogP contribution < -0.4 is 0 Å². The molecule has 4 nitrogen and oxygen atoms in total. The molecule has 0 aliphatic heterocycles. The summed E-state index contributed by atoms with van der Waals surface area (Å²) in [7, 11) is 0. The van der Waals surface area contributed by atoms with E-state index in [0.717, 1.165) is 11.3 Å². The fourth-order valence-corrected chi connectivity index (χ4v) is 1.40. The Labute approximate surface area is 99.3 Å². The Kier molecular flexibility index (Phi) is 3.45. The lowest BCUT2D eigenvalue weighted by atomic mass is 10.2. The molecule has 0 aliphatic carbocycles. The quantitative estimate of drug-likeness (QED) is 0.756. The fraction of sp³-hybridized carbons (Fsp3) is 0.154. The number of ether oxygens (including phenoxy) is 1. The Morgan fingerprint density at radius 3 is 2.71 bits per heavy atom. The van der Waals surface area contributed by atoms with Crippen molar-refractivity contribution in [2.75, 3.05) is 0 Å². The van der Waals surface area contributed by atoms with Crippen LogP contribution in [-0.4, -0.2) is 15.9 Å². The minimum Gasteiger partial charge on any atom is -0.459 e. The van der Waals surface area contributed by atoms with Gasteiger partial charge in [-0.15, -0.1) is 0 Å². The lowest BCUT2D eigenvalue weighted by molar-refractivity contribution is -0.142. The first-order valence-corrected chi connectivity index (χ1v) is 5.25. The largest absolute Gasteiger partial charge is 0.459 e. The molecule has 0 aliphatic rings. The van der Waals surface area contributed by atoms with Crippen molar-refractivity contribution in [2.45, 2.75) is 13.5 Å². The van der Waals surface area contributed by atoms with Crippen molar-refractivity contribution in [1.29, 1.82) is 0 Å². The maximum Gasteiger partial charge on any atom is 0.303 e. The van der Waals surface area contributed by atoms with Gasteiger partial charge in [-0.25, -0.2) is 4.98 Å². The molecule has 1 aromatic carbocycles. The van der Waals surface area contributed by atoms with Gasteiger partial charge in [0.15, 0.2) is 0 Å². The summed E-state index contributed by atoms with van der Waals surface area (Å²) in [5.41, 5.74) is 2.40. The maximum absolute atomic E-state index is 10.7. The summed E-state index contributed by atoms with van der Waals surface area (Å²) < 4.78 is 4.88. The third-order valence-corrected chi connectivity index (χ3v) is 2.18. The zero-order chi connectivity index (χ0) is 12.1. The lowest BCUT2D eigenvalue weighted by Gasteiger charge is -2.04. The molecule has 0 unspecified atom stereocenters. The van der Waals surface area contributed by atoms with Crippen molar-refractivity contribution in [1.82, 2.24) is 9.97 Å². The molecule has 0 radical (unpaired) electrons. The first-order chi connectivity index (χ1) is 8.25. The Hall–Kier alpha value is -2.23. The number of benzene rings is 1. The van der Waals surface area contributed by atoms with Crippen LogP contribution in [0.1, 0.15) is 12.6 Å². The van der Waals surface area contributed by atoms with Crippen LogP contribution in [0.4, 0.5) is 0 Å². The van der Waals surface area contributed by atoms with E-state index < -0.39 is 0 Å². The van der Waals surface area contributed by atoms with E-state index in [1.54, 1.807) is 12.4 Å². The van der Waals surface area contributed by atoms with E-state index in [1.165, 1.54) is 6.92 Å². The Morgan fingerprint density at radius 1 is 1.24 bits per heavy atom. The highest BCUT2D eigenvalue weighted by Gasteiger charge is 2.02. The molecule has 17 heavy (non-hydrogen) atoms. The average molecular weight is 228 g/mol. The van der Waals surface area contributed by atoms with E-state index in [1.807, 2.05) is 30.3 Å². The SMILES string of the molecule is CC(=O)OCc1cncc(-c2ccccc2)n1. The van der Waals surface area contributed by atoms with E-state index >= 15 is 0 Å². The van der Waals surface area contributed by atoms with Gasteiger partial charge in [0, 0.05) is 12.5 Å². The highest BCUT2D eigenvalue weighted by molar-refractivity contribution is 5.65. The van der Waals surface area contributed by atoms with Crippen LogP contribution in [0.5, 0.6) is 0 Å². The number of aromatic nitrogens is 2. The summed E-state index contributed by atoms with van der Waals surface area (Å²) in [6.07, 6.45) is 3.28. The third-order valence-electron chi connectivity index (χ3n) is 2.18. The van der Waals surface area contributed by atoms with Crippen LogP contribution in [0.25, 0.3) is 11.3 Å². The molecule has 1 heterocycles. The molecular weight excluding hydrogens is 216 g/mol. The molecule has 1 aromatic heterocycles. The standard InChI is InChI=1S/C13H12N2O2/c1-10(16)17-9-12-7-14-8-13(15-12)11-5-3-2-4-6-11/h2-8H,9H2,1H3. The molecule has 0 bridgehead atoms. The molecule has 0 saturated carbocycles. The van der Waals surface area contributed by atoms with Crippen LogP contribution in [0.2, 0.25) is 0 Å². The van der Waals surface area contributed by atoms with Gasteiger partial charge in [-0.2, -0.15) is 0 Å². The van der Waals surface area contributed by atoms with Crippen molar-refractivity contribution in [3.05, 3.63) is 48.4 Å². The number of esters is 1. The Bertz CT molecular complexity index is 512. The van der Waals surface area contributed by atoms with Gasteiger partial charge in [-0.3, -0.25) is 9.78 Å². The van der Waals surface area contributed by atoms with Crippen molar-refractivity contribution in [3.63, 3.8) is 0 Å². The maximum atomic E-state index is 10.7. The first kappa shape index (κ1) is 11.3. The van der Waals surface area contributed by atoms with Gasteiger partial charge in [0.1, 0.15) is 6.61 Å². The van der Waals surface area contributed by atoms with Crippen molar-refractivity contribution in [2.24, 2.45) is 0 Å². The van der Waals surface area contributed by atoms with E-state index in [9.17, 15) is 4.79 Å². The summed E-state index contributed by atoms with van der Waals surface area (Å²) in [4.78, 5) is 19.2. The molecule has 2 aromatic rings. The van der Waals surface area contributed by atoms with E-state index in [0.29, 0.717) is 5.69 Å². The summed E-state index contributed by atoms with van der Waals surface area (Å²) >= 11 is 0. The highest BCUT2D eigenvalue weighted by Crippen LogP contribution is 2.15. The summed E-state index contributed by atoms with van der Waals surface area (Å²) in [5, 5.41) is 0. The monoisotopic (exact) mass is 228 g/mol. The molecule has 4 heteroatoms. The van der Waals surface area contributed by atoms with Gasteiger partial charge in [0.25, 0.3) is 0 Å². The minimum absolute atomic E-state index is 0.156. The molecule has 2 rings (SSSR count). The Morgan fingerprint density at radius 2 is 2.00 bits per heavy atom. The predicted octanol–water partition coefficient (Wildman–Crippen LogP) is 2.21. The van der Waals surface area contributed by atoms with Gasteiger partial charge in [-0.1, -0.05) is 30.3 Å². The van der Waals surface area contributed by atoms with Crippen molar-refractivity contribution < 1.29 is 9.53 Å². The lowest BCUT2D eigenvalue weighted by Crippen LogP contribution is -2.02. The Balaban J connectivity index is 2.20. The van der Waals surface area contributed by atoms with E-state index in [-0.39, 0.29) is 12.6 Å². The van der Waals surface area contributed by atoms with Crippen LogP contribution in [-0.2, 0) is 16.1 Å². The third kappa shape index (κ3) is 3.11. The van der Waals surface area contributed by atoms with Crippen LogP contribution in [0, 0.1) is 0 Å². The van der Waals surface area contributed by atoms with Crippen LogP contribution in [0.3, 0.4) is 0 Å². The molecule has 0 N–H and O–H groups in total. The fourth-order valence-electron chi connectivity index (χ4n) is 1.40. The van der Waals surface area contributed by atoms with Crippen molar-refractivity contribution in [3.8, 4) is 11.3 Å². The molecule has 86 valence electrons. The van der Waals surface area contributed by atoms with Gasteiger partial charge >= 0.3 is 5.97 Å². The number of nitrogens with zero attached hydrogens (tertiary/aromatic N) is 2. The number of hydrogen-bond donors (Lipinski definition) is 0. The van der Waals surface area contributed by atoms with E-state index in [2.05, 4.69) is 9.97 Å². The number of hydrogen-bond acceptors (Lipinski definition) is 4. The molecule has 0 atom stereocenters. The van der Waals surface area contributed by atoms with Gasteiger partial charge in [0.05, 0.1) is 23.8 Å². The second-order valence-corrected chi connectivity index (χ2v) is 3.54. The van der Waals surface area contributed by atoms with Gasteiger partial charge < -0.3 is 4.74 Å². The molecular formula is C13H12N2O2. The summed E-state index contributed by atoms with van der Waals surface area (Å²) in [6, 6.07) is 9.74. The summed E-state index contributed by atoms with van der Waals surface area (Å²) in [6.45, 7) is 1.53. The smallest absolute Gasteiger partial charge is 0.303 e. The van der Waals surface area contributed by atoms with Crippen LogP contribution >= 0.6 is 0 Å². The molecule has 0 amide bonds. The number of rotatable bonds is 3. The second-order valence-electron chi connectivity index (χ2n) is 3.54. The first-order valence-electron chi connectivity index (χ1n) is 5.25. The zero-order valence-electron chi connectivity index (χ0n) is 9.46. The topological polar surface area (TPSA) is 52.1 Å². The predicted molar refractivity (Wildman–Crippen MR) is 62.9 cm³/mol. The molecule has 0 spiro atoms. The van der Waals surface area contributed by atoms with E-state index in [4.69, 9.17) is 4.74 Å². The normalized spacial score (nSPS) is 9.94. The van der Waals surface area contributed by atoms with Gasteiger partial charge in [0.2, 0.25) is 0 Å². The minimum atomic E-state index is -0.322. The summed E-state index contributed by atoms with van der Waals surface area (Å²) in [5.74, 6) is -0.322. The average Bonchev–Trinajstić information content (AvgIpc) is 2.38. The van der Waals surface area contributed by atoms with Crippen LogP contribution in [0.15, 0.2) is 42.7 Å². The number of carbonyl (C=O) groups excluding carboxylic acids is 1. The zero-order valence-corrected chi connectivity index (χ0v) is 9.46. The highest BCUT2D eigenvalue weighted by atomic mass is 16.5.